The second-order valence-corrected chi connectivity index (χ2v) is 10.4. The van der Waals surface area contributed by atoms with E-state index < -0.39 is 5.41 Å². The second kappa shape index (κ2) is 7.47. The van der Waals surface area contributed by atoms with Crippen molar-refractivity contribution in [2.75, 3.05) is 0 Å². The molecule has 8 bridgehead atoms. The molecule has 3 aromatic heterocycles. The SMILES string of the molecule is Cn1cc2nc1-c1cccc(c1)C(C)(C)c1cncc(c1)-c1nc(nn1-c1ccccc1)C2(C)C. The van der Waals surface area contributed by atoms with Crippen LogP contribution in [0.1, 0.15) is 50.3 Å². The molecule has 4 heterocycles. The summed E-state index contributed by atoms with van der Waals surface area (Å²) in [7, 11) is 2.05. The summed E-state index contributed by atoms with van der Waals surface area (Å²) >= 11 is 0. The summed E-state index contributed by atoms with van der Waals surface area (Å²) in [5.41, 5.74) is 5.47. The molecule has 174 valence electrons. The summed E-state index contributed by atoms with van der Waals surface area (Å²) in [5.74, 6) is 2.42. The molecule has 6 heteroatoms. The number of imidazole rings is 1. The minimum atomic E-state index is -0.503. The molecule has 35 heavy (non-hydrogen) atoms. The topological polar surface area (TPSA) is 61.4 Å². The molecule has 2 aromatic carbocycles. The van der Waals surface area contributed by atoms with Crippen molar-refractivity contribution >= 4 is 0 Å². The van der Waals surface area contributed by atoms with Crippen LogP contribution in [0.3, 0.4) is 0 Å². The number of hydrogen-bond acceptors (Lipinski definition) is 4. The number of fused-ring (bicyclic) bond motifs is 10. The van der Waals surface area contributed by atoms with Gasteiger partial charge in [-0.1, -0.05) is 50.2 Å². The van der Waals surface area contributed by atoms with E-state index in [1.807, 2.05) is 42.3 Å². The summed E-state index contributed by atoms with van der Waals surface area (Å²) in [6.07, 6.45) is 5.92. The van der Waals surface area contributed by atoms with E-state index in [1.54, 1.807) is 0 Å². The zero-order valence-electron chi connectivity index (χ0n) is 20.7. The maximum atomic E-state index is 5.10. The Balaban J connectivity index is 1.70. The minimum absolute atomic E-state index is 0.267. The van der Waals surface area contributed by atoms with Gasteiger partial charge in [0.1, 0.15) is 5.82 Å². The summed E-state index contributed by atoms with van der Waals surface area (Å²) in [6.45, 7) is 8.74. The highest BCUT2D eigenvalue weighted by atomic mass is 15.4. The number of nitrogens with zero attached hydrogens (tertiary/aromatic N) is 6. The fourth-order valence-corrected chi connectivity index (χ4v) is 4.78. The smallest absolute Gasteiger partial charge is 0.165 e. The summed E-state index contributed by atoms with van der Waals surface area (Å²) < 4.78 is 4.02. The van der Waals surface area contributed by atoms with E-state index in [9.17, 15) is 0 Å². The molecule has 0 spiro atoms. The van der Waals surface area contributed by atoms with E-state index >= 15 is 0 Å². The Morgan fingerprint density at radius 3 is 2.29 bits per heavy atom. The lowest BCUT2D eigenvalue weighted by molar-refractivity contribution is 0.571. The third-order valence-electron chi connectivity index (χ3n) is 7.24. The van der Waals surface area contributed by atoms with Gasteiger partial charge in [-0.15, -0.1) is 5.10 Å². The van der Waals surface area contributed by atoms with Gasteiger partial charge in [-0.3, -0.25) is 4.98 Å². The molecule has 6 rings (SSSR count). The van der Waals surface area contributed by atoms with Crippen LogP contribution in [0.5, 0.6) is 0 Å². The van der Waals surface area contributed by atoms with Crippen LogP contribution in [0, 0.1) is 0 Å². The van der Waals surface area contributed by atoms with E-state index in [0.717, 1.165) is 45.5 Å². The van der Waals surface area contributed by atoms with Crippen LogP contribution in [0.15, 0.2) is 79.3 Å². The highest BCUT2D eigenvalue weighted by Crippen LogP contribution is 2.38. The van der Waals surface area contributed by atoms with Gasteiger partial charge in [-0.05, 0) is 49.2 Å². The molecule has 0 aliphatic carbocycles. The zero-order chi connectivity index (χ0) is 24.4. The lowest BCUT2D eigenvalue weighted by atomic mass is 9.78. The largest absolute Gasteiger partial charge is 0.334 e. The first-order chi connectivity index (χ1) is 16.7. The Morgan fingerprint density at radius 1 is 0.714 bits per heavy atom. The number of hydrogen-bond donors (Lipinski definition) is 0. The Hall–Kier alpha value is -4.06. The van der Waals surface area contributed by atoms with Gasteiger partial charge in [-0.25, -0.2) is 14.6 Å². The van der Waals surface area contributed by atoms with Gasteiger partial charge in [0.05, 0.1) is 16.8 Å². The van der Waals surface area contributed by atoms with Crippen molar-refractivity contribution in [3.63, 3.8) is 0 Å². The van der Waals surface area contributed by atoms with Gasteiger partial charge in [0, 0.05) is 42.2 Å². The second-order valence-electron chi connectivity index (χ2n) is 10.4. The van der Waals surface area contributed by atoms with Gasteiger partial charge in [-0.2, -0.15) is 0 Å². The van der Waals surface area contributed by atoms with Crippen LogP contribution in [-0.2, 0) is 17.9 Å². The van der Waals surface area contributed by atoms with Gasteiger partial charge < -0.3 is 4.57 Å². The number of aromatic nitrogens is 6. The number of para-hydroxylation sites is 1. The van der Waals surface area contributed by atoms with E-state index in [0.29, 0.717) is 0 Å². The molecular weight excluding hydrogens is 432 g/mol. The van der Waals surface area contributed by atoms with Crippen LogP contribution in [-0.4, -0.2) is 29.3 Å². The molecular formula is C29H28N6. The van der Waals surface area contributed by atoms with Crippen molar-refractivity contribution in [3.8, 4) is 28.5 Å². The predicted octanol–water partition coefficient (Wildman–Crippen LogP) is 5.70. The lowest BCUT2D eigenvalue weighted by Crippen LogP contribution is -2.22. The average molecular weight is 461 g/mol. The van der Waals surface area contributed by atoms with E-state index in [2.05, 4.69) is 85.9 Å². The third-order valence-corrected chi connectivity index (χ3v) is 7.24. The van der Waals surface area contributed by atoms with Gasteiger partial charge in [0.15, 0.2) is 11.6 Å². The Kier molecular flexibility index (Phi) is 4.58. The normalized spacial score (nSPS) is 15.5. The molecule has 0 unspecified atom stereocenters. The molecule has 0 fully saturated rings. The molecule has 0 saturated heterocycles. The van der Waals surface area contributed by atoms with Crippen molar-refractivity contribution in [1.29, 1.82) is 0 Å². The highest BCUT2D eigenvalue weighted by molar-refractivity contribution is 5.62. The first-order valence-electron chi connectivity index (χ1n) is 11.9. The number of benzene rings is 2. The van der Waals surface area contributed by atoms with Crippen LogP contribution in [0.2, 0.25) is 0 Å². The quantitative estimate of drug-likeness (QED) is 0.322. The van der Waals surface area contributed by atoms with Crippen LogP contribution >= 0.6 is 0 Å². The molecule has 5 aromatic rings. The first-order valence-corrected chi connectivity index (χ1v) is 11.9. The fourth-order valence-electron chi connectivity index (χ4n) is 4.78. The van der Waals surface area contributed by atoms with Gasteiger partial charge >= 0.3 is 0 Å². The standard InChI is InChI=1S/C29H28N6/c1-28(2)21-11-9-10-19(14-21)25-31-24(18-34(25)5)29(3,4)27-32-26(20-15-22(28)17-30-16-20)35(33-27)23-12-7-6-8-13-23/h6-18H,1-5H3. The summed E-state index contributed by atoms with van der Waals surface area (Å²) in [5, 5.41) is 5.03. The number of pyridine rings is 1. The summed E-state index contributed by atoms with van der Waals surface area (Å²) in [6, 6.07) is 21.0. The van der Waals surface area contributed by atoms with E-state index in [4.69, 9.17) is 15.1 Å². The van der Waals surface area contributed by atoms with E-state index in [1.165, 1.54) is 5.56 Å². The average Bonchev–Trinajstić information content (AvgIpc) is 3.50. The van der Waals surface area contributed by atoms with Gasteiger partial charge in [0.2, 0.25) is 0 Å². The van der Waals surface area contributed by atoms with Crippen LogP contribution in [0.4, 0.5) is 0 Å². The Labute approximate surface area is 205 Å². The maximum absolute atomic E-state index is 5.10. The Morgan fingerprint density at radius 2 is 1.49 bits per heavy atom. The molecule has 0 atom stereocenters. The first kappa shape index (κ1) is 21.5. The highest BCUT2D eigenvalue weighted by Gasteiger charge is 2.34. The fraction of sp³-hybridized carbons (Fsp3) is 0.241. The lowest BCUT2D eigenvalue weighted by Gasteiger charge is -2.26. The van der Waals surface area contributed by atoms with Crippen molar-refractivity contribution in [3.05, 3.63) is 102 Å². The van der Waals surface area contributed by atoms with E-state index in [-0.39, 0.29) is 5.41 Å². The van der Waals surface area contributed by atoms with Crippen molar-refractivity contribution in [2.45, 2.75) is 38.5 Å². The molecule has 0 radical (unpaired) electrons. The molecule has 0 saturated carbocycles. The third kappa shape index (κ3) is 3.32. The van der Waals surface area contributed by atoms with Gasteiger partial charge in [0.25, 0.3) is 0 Å². The van der Waals surface area contributed by atoms with Crippen molar-refractivity contribution in [1.82, 2.24) is 29.3 Å². The molecule has 1 aliphatic rings. The monoisotopic (exact) mass is 460 g/mol. The predicted molar refractivity (Wildman–Crippen MR) is 137 cm³/mol. The van der Waals surface area contributed by atoms with Crippen molar-refractivity contribution in [2.24, 2.45) is 7.05 Å². The maximum Gasteiger partial charge on any atom is 0.165 e. The molecule has 6 nitrogen and oxygen atoms in total. The molecule has 1 aliphatic heterocycles. The Bertz CT molecular complexity index is 1560. The number of rotatable bonds is 1. The minimum Gasteiger partial charge on any atom is -0.334 e. The van der Waals surface area contributed by atoms with Crippen LogP contribution < -0.4 is 0 Å². The van der Waals surface area contributed by atoms with Crippen LogP contribution in [0.25, 0.3) is 28.5 Å². The molecule has 0 N–H and O–H groups in total. The molecule has 0 amide bonds. The zero-order valence-corrected chi connectivity index (χ0v) is 20.7. The number of aryl methyl sites for hydroxylation is 1. The van der Waals surface area contributed by atoms with Crippen molar-refractivity contribution < 1.29 is 0 Å². The summed E-state index contributed by atoms with van der Waals surface area (Å²) in [4.78, 5) is 14.8.